The van der Waals surface area contributed by atoms with Crippen molar-refractivity contribution in [2.45, 2.75) is 40.8 Å². The van der Waals surface area contributed by atoms with Gasteiger partial charge in [-0.25, -0.2) is 4.39 Å². The van der Waals surface area contributed by atoms with E-state index in [4.69, 9.17) is 0 Å². The highest BCUT2D eigenvalue weighted by molar-refractivity contribution is 4.97. The van der Waals surface area contributed by atoms with Crippen molar-refractivity contribution in [3.8, 4) is 0 Å². The van der Waals surface area contributed by atoms with Gasteiger partial charge in [-0.3, -0.25) is 0 Å². The molecule has 1 aliphatic carbocycles. The van der Waals surface area contributed by atoms with Gasteiger partial charge in [0.1, 0.15) is 6.17 Å². The molecule has 1 saturated carbocycles. The standard InChI is InChI=1S/C11H21F/c1-6(2)9-8(5)10(7(3)4)11(9)12/h6-11H,1-5H3. The van der Waals surface area contributed by atoms with Gasteiger partial charge in [-0.1, -0.05) is 34.6 Å². The highest BCUT2D eigenvalue weighted by Crippen LogP contribution is 2.49. The second-order valence-corrected chi connectivity index (χ2v) is 4.95. The van der Waals surface area contributed by atoms with Crippen LogP contribution in [0.1, 0.15) is 34.6 Å². The summed E-state index contributed by atoms with van der Waals surface area (Å²) in [6, 6.07) is 0. The number of hydrogen-bond acceptors (Lipinski definition) is 0. The van der Waals surface area contributed by atoms with Crippen LogP contribution in [-0.2, 0) is 0 Å². The molecule has 0 radical (unpaired) electrons. The first-order chi connectivity index (χ1) is 5.46. The van der Waals surface area contributed by atoms with Crippen molar-refractivity contribution in [1.82, 2.24) is 0 Å². The van der Waals surface area contributed by atoms with E-state index in [1.807, 2.05) is 0 Å². The maximum Gasteiger partial charge on any atom is 0.107 e. The quantitative estimate of drug-likeness (QED) is 0.598. The lowest BCUT2D eigenvalue weighted by molar-refractivity contribution is -0.0850. The minimum absolute atomic E-state index is 0.317. The fourth-order valence-electron chi connectivity index (χ4n) is 2.90. The van der Waals surface area contributed by atoms with E-state index in [1.165, 1.54) is 0 Å². The molecule has 0 nitrogen and oxygen atoms in total. The third kappa shape index (κ3) is 1.38. The van der Waals surface area contributed by atoms with E-state index in [2.05, 4.69) is 34.6 Å². The monoisotopic (exact) mass is 172 g/mol. The Hall–Kier alpha value is -0.0700. The Morgan fingerprint density at radius 2 is 1.25 bits per heavy atom. The van der Waals surface area contributed by atoms with E-state index in [0.717, 1.165) is 0 Å². The van der Waals surface area contributed by atoms with Crippen molar-refractivity contribution in [2.75, 3.05) is 0 Å². The number of halogens is 1. The van der Waals surface area contributed by atoms with Gasteiger partial charge in [0, 0.05) is 0 Å². The van der Waals surface area contributed by atoms with Gasteiger partial charge in [-0.05, 0) is 29.6 Å². The highest BCUT2D eigenvalue weighted by Gasteiger charge is 2.50. The lowest BCUT2D eigenvalue weighted by Crippen LogP contribution is -2.51. The Balaban J connectivity index is 2.56. The van der Waals surface area contributed by atoms with Crippen LogP contribution in [0.4, 0.5) is 4.39 Å². The molecule has 1 fully saturated rings. The summed E-state index contributed by atoms with van der Waals surface area (Å²) < 4.78 is 13.6. The van der Waals surface area contributed by atoms with E-state index in [1.54, 1.807) is 0 Å². The summed E-state index contributed by atoms with van der Waals surface area (Å²) in [5.74, 6) is 2.23. The van der Waals surface area contributed by atoms with Crippen molar-refractivity contribution in [3.05, 3.63) is 0 Å². The third-order valence-electron chi connectivity index (χ3n) is 3.49. The largest absolute Gasteiger partial charge is 0.247 e. The normalized spacial score (nSPS) is 42.0. The van der Waals surface area contributed by atoms with Gasteiger partial charge >= 0.3 is 0 Å². The molecule has 0 spiro atoms. The van der Waals surface area contributed by atoms with Gasteiger partial charge in [0.25, 0.3) is 0 Å². The van der Waals surface area contributed by atoms with Gasteiger partial charge in [-0.15, -0.1) is 0 Å². The molecule has 0 aliphatic heterocycles. The SMILES string of the molecule is CC(C)C1C(C)C(C(C)C)C1F. The van der Waals surface area contributed by atoms with Crippen molar-refractivity contribution in [2.24, 2.45) is 29.6 Å². The molecule has 0 aromatic heterocycles. The summed E-state index contributed by atoms with van der Waals surface area (Å²) in [7, 11) is 0. The predicted octanol–water partition coefficient (Wildman–Crippen LogP) is 3.52. The fourth-order valence-corrected chi connectivity index (χ4v) is 2.90. The molecule has 12 heavy (non-hydrogen) atoms. The minimum atomic E-state index is -0.542. The van der Waals surface area contributed by atoms with E-state index < -0.39 is 6.17 Å². The van der Waals surface area contributed by atoms with Crippen LogP contribution in [-0.4, -0.2) is 6.17 Å². The lowest BCUT2D eigenvalue weighted by atomic mass is 9.56. The first kappa shape index (κ1) is 10.0. The average Bonchev–Trinajstić information content (AvgIpc) is 1.84. The van der Waals surface area contributed by atoms with Crippen LogP contribution in [0.5, 0.6) is 0 Å². The van der Waals surface area contributed by atoms with Crippen molar-refractivity contribution in [1.29, 1.82) is 0 Å². The molecule has 0 N–H and O–H groups in total. The van der Waals surface area contributed by atoms with Crippen LogP contribution in [0.25, 0.3) is 0 Å². The fraction of sp³-hybridized carbons (Fsp3) is 1.00. The molecule has 0 aromatic rings. The highest BCUT2D eigenvalue weighted by atomic mass is 19.1. The Morgan fingerprint density at radius 3 is 1.42 bits per heavy atom. The molecule has 0 bridgehead atoms. The van der Waals surface area contributed by atoms with E-state index in [-0.39, 0.29) is 0 Å². The maximum absolute atomic E-state index is 13.6. The third-order valence-corrected chi connectivity index (χ3v) is 3.49. The topological polar surface area (TPSA) is 0 Å². The summed E-state index contributed by atoms with van der Waals surface area (Å²) in [5, 5.41) is 0. The molecule has 2 unspecified atom stereocenters. The van der Waals surface area contributed by atoms with Crippen molar-refractivity contribution >= 4 is 0 Å². The van der Waals surface area contributed by atoms with Gasteiger partial charge < -0.3 is 0 Å². The molecule has 72 valence electrons. The molecular weight excluding hydrogens is 151 g/mol. The van der Waals surface area contributed by atoms with E-state index >= 15 is 0 Å². The molecule has 0 saturated heterocycles. The van der Waals surface area contributed by atoms with Gasteiger partial charge in [-0.2, -0.15) is 0 Å². The zero-order valence-corrected chi connectivity index (χ0v) is 8.84. The van der Waals surface area contributed by atoms with Crippen LogP contribution in [0.3, 0.4) is 0 Å². The van der Waals surface area contributed by atoms with Crippen molar-refractivity contribution < 1.29 is 4.39 Å². The number of alkyl halides is 1. The van der Waals surface area contributed by atoms with Crippen LogP contribution >= 0.6 is 0 Å². The van der Waals surface area contributed by atoms with Gasteiger partial charge in [0.2, 0.25) is 0 Å². The van der Waals surface area contributed by atoms with Crippen LogP contribution < -0.4 is 0 Å². The van der Waals surface area contributed by atoms with Crippen molar-refractivity contribution in [3.63, 3.8) is 0 Å². The zero-order chi connectivity index (χ0) is 9.46. The van der Waals surface area contributed by atoms with Crippen LogP contribution in [0, 0.1) is 29.6 Å². The van der Waals surface area contributed by atoms with E-state index in [9.17, 15) is 4.39 Å². The predicted molar refractivity (Wildman–Crippen MR) is 50.7 cm³/mol. The summed E-state index contributed by atoms with van der Waals surface area (Å²) in [6.45, 7) is 10.7. The Bertz CT molecular complexity index is 125. The van der Waals surface area contributed by atoms with Crippen LogP contribution in [0.2, 0.25) is 0 Å². The average molecular weight is 172 g/mol. The second kappa shape index (κ2) is 3.35. The summed E-state index contributed by atoms with van der Waals surface area (Å²) >= 11 is 0. The molecule has 1 heteroatoms. The minimum Gasteiger partial charge on any atom is -0.247 e. The Labute approximate surface area is 75.5 Å². The lowest BCUT2D eigenvalue weighted by Gasteiger charge is -2.50. The van der Waals surface area contributed by atoms with Gasteiger partial charge in [0.05, 0.1) is 0 Å². The Kier molecular flexibility index (Phi) is 2.80. The smallest absolute Gasteiger partial charge is 0.107 e. The first-order valence-corrected chi connectivity index (χ1v) is 5.10. The molecule has 0 amide bonds. The Morgan fingerprint density at radius 1 is 0.917 bits per heavy atom. The second-order valence-electron chi connectivity index (χ2n) is 4.95. The molecule has 0 heterocycles. The zero-order valence-electron chi connectivity index (χ0n) is 8.84. The molecule has 0 aromatic carbocycles. The molecule has 1 rings (SSSR count). The number of hydrogen-bond donors (Lipinski definition) is 0. The molecule has 2 atom stereocenters. The summed E-state index contributed by atoms with van der Waals surface area (Å²) in [4.78, 5) is 0. The van der Waals surface area contributed by atoms with Crippen LogP contribution in [0.15, 0.2) is 0 Å². The summed E-state index contributed by atoms with van der Waals surface area (Å²) in [6.07, 6.45) is -0.542. The number of rotatable bonds is 2. The molecule has 1 aliphatic rings. The van der Waals surface area contributed by atoms with E-state index in [0.29, 0.717) is 29.6 Å². The summed E-state index contributed by atoms with van der Waals surface area (Å²) in [5.41, 5.74) is 0. The first-order valence-electron chi connectivity index (χ1n) is 5.10. The maximum atomic E-state index is 13.6. The molecular formula is C11H21F. The van der Waals surface area contributed by atoms with Gasteiger partial charge in [0.15, 0.2) is 0 Å².